The summed E-state index contributed by atoms with van der Waals surface area (Å²) in [5.74, 6) is 0.637. The summed E-state index contributed by atoms with van der Waals surface area (Å²) in [5.41, 5.74) is 0. The number of aliphatic hydroxyl groups excluding tert-OH is 2. The Hall–Kier alpha value is -0.130. The average Bonchev–Trinajstić information content (AvgIpc) is 2.30. The molecule has 2 N–H and O–H groups in total. The Labute approximate surface area is 77.5 Å². The first-order chi connectivity index (χ1) is 6.09. The molecular weight excluding hydrogens is 192 g/mol. The molecule has 2 fully saturated rings. The quantitative estimate of drug-likeness (QED) is 0.600. The number of aliphatic hydroxyl groups is 2. The zero-order valence-corrected chi connectivity index (χ0v) is 8.07. The molecule has 1 aliphatic heterocycles. The molecule has 0 aromatic rings. The highest BCUT2D eigenvalue weighted by Gasteiger charge is 2.56. The lowest BCUT2D eigenvalue weighted by molar-refractivity contribution is -0.0516. The maximum absolute atomic E-state index is 11.3. The van der Waals surface area contributed by atoms with Gasteiger partial charge in [0, 0.05) is 13.2 Å². The topological polar surface area (TPSA) is 74.6 Å². The molecule has 76 valence electrons. The molecule has 0 aromatic carbocycles. The lowest BCUT2D eigenvalue weighted by Crippen LogP contribution is -2.49. The maximum atomic E-state index is 11.3. The number of sulfone groups is 1. The SMILES string of the molecule is O=S1(=O)C[C@@H]2[C@H](CO)[C@H](CO)[C@@H]2C1. The van der Waals surface area contributed by atoms with E-state index in [9.17, 15) is 8.42 Å². The van der Waals surface area contributed by atoms with Gasteiger partial charge in [-0.3, -0.25) is 0 Å². The number of rotatable bonds is 2. The molecule has 1 saturated heterocycles. The van der Waals surface area contributed by atoms with Gasteiger partial charge in [-0.05, 0) is 23.7 Å². The molecule has 0 unspecified atom stereocenters. The summed E-state index contributed by atoms with van der Waals surface area (Å²) < 4.78 is 22.5. The minimum absolute atomic E-state index is 0.00190. The van der Waals surface area contributed by atoms with Crippen molar-refractivity contribution in [3.8, 4) is 0 Å². The van der Waals surface area contributed by atoms with E-state index >= 15 is 0 Å². The maximum Gasteiger partial charge on any atom is 0.150 e. The molecule has 1 aliphatic carbocycles. The average molecular weight is 206 g/mol. The van der Waals surface area contributed by atoms with Gasteiger partial charge in [-0.2, -0.15) is 0 Å². The molecule has 2 aliphatic rings. The van der Waals surface area contributed by atoms with Gasteiger partial charge in [-0.25, -0.2) is 8.42 Å². The van der Waals surface area contributed by atoms with Gasteiger partial charge < -0.3 is 10.2 Å². The van der Waals surface area contributed by atoms with E-state index in [0.717, 1.165) is 0 Å². The third-order valence-electron chi connectivity index (χ3n) is 3.51. The summed E-state index contributed by atoms with van der Waals surface area (Å²) in [5, 5.41) is 18.0. The third-order valence-corrected chi connectivity index (χ3v) is 5.30. The molecule has 0 amide bonds. The van der Waals surface area contributed by atoms with E-state index in [1.807, 2.05) is 0 Å². The molecule has 4 nitrogen and oxygen atoms in total. The zero-order valence-electron chi connectivity index (χ0n) is 7.26. The van der Waals surface area contributed by atoms with Crippen molar-refractivity contribution in [2.75, 3.05) is 24.7 Å². The fourth-order valence-corrected chi connectivity index (χ4v) is 5.11. The number of hydrogen-bond acceptors (Lipinski definition) is 4. The van der Waals surface area contributed by atoms with Gasteiger partial charge in [0.1, 0.15) is 0 Å². The monoisotopic (exact) mass is 206 g/mol. The van der Waals surface area contributed by atoms with Crippen LogP contribution in [0, 0.1) is 23.7 Å². The number of hydrogen-bond donors (Lipinski definition) is 2. The van der Waals surface area contributed by atoms with Gasteiger partial charge in [-0.15, -0.1) is 0 Å². The summed E-state index contributed by atoms with van der Waals surface area (Å²) in [4.78, 5) is 0. The van der Waals surface area contributed by atoms with Crippen LogP contribution in [0.3, 0.4) is 0 Å². The van der Waals surface area contributed by atoms with Crippen molar-refractivity contribution < 1.29 is 18.6 Å². The Bertz CT molecular complexity index is 273. The molecule has 0 aromatic heterocycles. The molecule has 5 heteroatoms. The highest BCUT2D eigenvalue weighted by atomic mass is 32.2. The van der Waals surface area contributed by atoms with Crippen molar-refractivity contribution in [3.05, 3.63) is 0 Å². The van der Waals surface area contributed by atoms with E-state index in [0.29, 0.717) is 0 Å². The van der Waals surface area contributed by atoms with Crippen LogP contribution in [0.25, 0.3) is 0 Å². The Morgan fingerprint density at radius 3 is 1.69 bits per heavy atom. The minimum Gasteiger partial charge on any atom is -0.396 e. The summed E-state index contributed by atoms with van der Waals surface area (Å²) in [6.07, 6.45) is 0. The smallest absolute Gasteiger partial charge is 0.150 e. The van der Waals surface area contributed by atoms with Gasteiger partial charge in [0.05, 0.1) is 11.5 Å². The Morgan fingerprint density at radius 2 is 1.38 bits per heavy atom. The third kappa shape index (κ3) is 1.30. The van der Waals surface area contributed by atoms with Crippen LogP contribution in [0.15, 0.2) is 0 Å². The Morgan fingerprint density at radius 1 is 1.00 bits per heavy atom. The molecule has 4 atom stereocenters. The van der Waals surface area contributed by atoms with Crippen LogP contribution >= 0.6 is 0 Å². The van der Waals surface area contributed by atoms with E-state index in [1.165, 1.54) is 0 Å². The van der Waals surface area contributed by atoms with Crippen molar-refractivity contribution in [1.82, 2.24) is 0 Å². The van der Waals surface area contributed by atoms with E-state index in [-0.39, 0.29) is 48.4 Å². The summed E-state index contributed by atoms with van der Waals surface area (Å²) in [7, 11) is -2.89. The van der Waals surface area contributed by atoms with Gasteiger partial charge in [0.25, 0.3) is 0 Å². The Kier molecular flexibility index (Phi) is 2.13. The van der Waals surface area contributed by atoms with Crippen molar-refractivity contribution in [1.29, 1.82) is 0 Å². The second-order valence-electron chi connectivity index (χ2n) is 4.10. The van der Waals surface area contributed by atoms with E-state index < -0.39 is 9.84 Å². The highest BCUT2D eigenvalue weighted by molar-refractivity contribution is 7.91. The second kappa shape index (κ2) is 2.93. The van der Waals surface area contributed by atoms with Crippen LogP contribution in [-0.4, -0.2) is 43.4 Å². The molecular formula is C8H14O4S. The predicted molar refractivity (Wildman–Crippen MR) is 46.8 cm³/mol. The molecule has 1 saturated carbocycles. The first-order valence-corrected chi connectivity index (χ1v) is 6.33. The first kappa shape index (κ1) is 9.43. The van der Waals surface area contributed by atoms with E-state index in [1.54, 1.807) is 0 Å². The lowest BCUT2D eigenvalue weighted by atomic mass is 9.59. The molecule has 0 bridgehead atoms. The molecule has 13 heavy (non-hydrogen) atoms. The van der Waals surface area contributed by atoms with E-state index in [2.05, 4.69) is 0 Å². The van der Waals surface area contributed by atoms with Gasteiger partial charge in [0.15, 0.2) is 9.84 Å². The summed E-state index contributed by atoms with van der Waals surface area (Å²) in [6, 6.07) is 0. The molecule has 2 rings (SSSR count). The predicted octanol–water partition coefficient (Wildman–Crippen LogP) is -1.12. The van der Waals surface area contributed by atoms with Gasteiger partial charge in [0.2, 0.25) is 0 Å². The first-order valence-electron chi connectivity index (χ1n) is 4.51. The fraction of sp³-hybridized carbons (Fsp3) is 1.00. The zero-order chi connectivity index (χ0) is 9.64. The Balaban J connectivity index is 2.15. The van der Waals surface area contributed by atoms with Crippen LogP contribution in [-0.2, 0) is 9.84 Å². The van der Waals surface area contributed by atoms with Crippen molar-refractivity contribution in [3.63, 3.8) is 0 Å². The molecule has 1 heterocycles. The van der Waals surface area contributed by atoms with Crippen LogP contribution in [0.1, 0.15) is 0 Å². The minimum atomic E-state index is -2.89. The standard InChI is InChI=1S/C8H14O4S/c9-1-5-6(2-10)8-4-13(11,12)3-7(5)8/h5-10H,1-4H2/t5-,6+,7-,8+. The van der Waals surface area contributed by atoms with E-state index in [4.69, 9.17) is 10.2 Å². The van der Waals surface area contributed by atoms with Gasteiger partial charge in [-0.1, -0.05) is 0 Å². The summed E-state index contributed by atoms with van der Waals surface area (Å²) in [6.45, 7) is 0.00380. The van der Waals surface area contributed by atoms with Gasteiger partial charge >= 0.3 is 0 Å². The van der Waals surface area contributed by atoms with Crippen molar-refractivity contribution in [2.24, 2.45) is 23.7 Å². The fourth-order valence-electron chi connectivity index (χ4n) is 2.81. The highest BCUT2D eigenvalue weighted by Crippen LogP contribution is 2.50. The summed E-state index contributed by atoms with van der Waals surface area (Å²) >= 11 is 0. The molecule has 0 radical (unpaired) electrons. The van der Waals surface area contributed by atoms with Crippen LogP contribution in [0.4, 0.5) is 0 Å². The van der Waals surface area contributed by atoms with Crippen molar-refractivity contribution in [2.45, 2.75) is 0 Å². The number of fused-ring (bicyclic) bond motifs is 1. The largest absolute Gasteiger partial charge is 0.396 e. The second-order valence-corrected chi connectivity index (χ2v) is 6.25. The van der Waals surface area contributed by atoms with Crippen LogP contribution in [0.5, 0.6) is 0 Å². The van der Waals surface area contributed by atoms with Crippen LogP contribution < -0.4 is 0 Å². The lowest BCUT2D eigenvalue weighted by Gasteiger charge is -2.46. The van der Waals surface area contributed by atoms with Crippen LogP contribution in [0.2, 0.25) is 0 Å². The normalized spacial score (nSPS) is 46.9. The van der Waals surface area contributed by atoms with Crippen molar-refractivity contribution >= 4 is 9.84 Å². The molecule has 0 spiro atoms.